The number of hydrogen-bond acceptors (Lipinski definition) is 5. The third-order valence-corrected chi connectivity index (χ3v) is 4.21. The molecule has 1 aliphatic heterocycles. The monoisotopic (exact) mass is 238 g/mol. The fourth-order valence-corrected chi connectivity index (χ4v) is 2.98. The van der Waals surface area contributed by atoms with Crippen LogP contribution in [-0.4, -0.2) is 39.9 Å². The van der Waals surface area contributed by atoms with Crippen LogP contribution >= 0.6 is 11.5 Å². The Hall–Kier alpha value is -0.680. The molecule has 88 valence electrons. The molecule has 5 heteroatoms. The summed E-state index contributed by atoms with van der Waals surface area (Å²) >= 11 is 1.47. The van der Waals surface area contributed by atoms with Crippen molar-refractivity contribution in [2.45, 2.75) is 32.2 Å². The van der Waals surface area contributed by atoms with Crippen LogP contribution in [0.25, 0.3) is 0 Å². The summed E-state index contributed by atoms with van der Waals surface area (Å²) in [5.41, 5.74) is 0. The SMILES string of the molecule is Cc1nsc(NCC2CCN(C3CC3)C2)n1. The van der Waals surface area contributed by atoms with Crippen LogP contribution in [0.2, 0.25) is 0 Å². The van der Waals surface area contributed by atoms with Crippen molar-refractivity contribution in [3.05, 3.63) is 5.82 Å². The summed E-state index contributed by atoms with van der Waals surface area (Å²) in [4.78, 5) is 6.97. The third-order valence-electron chi connectivity index (χ3n) is 3.45. The Morgan fingerprint density at radius 3 is 3.00 bits per heavy atom. The Kier molecular flexibility index (Phi) is 2.81. The first kappa shape index (κ1) is 10.5. The van der Waals surface area contributed by atoms with Gasteiger partial charge in [-0.2, -0.15) is 4.37 Å². The van der Waals surface area contributed by atoms with E-state index in [0.717, 1.165) is 29.5 Å². The number of likely N-dealkylation sites (tertiary alicyclic amines) is 1. The van der Waals surface area contributed by atoms with Gasteiger partial charge in [0.15, 0.2) is 0 Å². The fraction of sp³-hybridized carbons (Fsp3) is 0.818. The molecule has 1 aromatic rings. The zero-order chi connectivity index (χ0) is 11.0. The van der Waals surface area contributed by atoms with E-state index in [4.69, 9.17) is 0 Å². The van der Waals surface area contributed by atoms with E-state index in [1.165, 1.54) is 43.9 Å². The second kappa shape index (κ2) is 4.30. The van der Waals surface area contributed by atoms with Gasteiger partial charge >= 0.3 is 0 Å². The molecule has 0 bridgehead atoms. The first-order valence-electron chi connectivity index (χ1n) is 6.09. The standard InChI is InChI=1S/C11H18N4S/c1-8-13-11(16-14-8)12-6-9-4-5-15(7-9)10-2-3-10/h9-10H,2-7H2,1H3,(H,12,13,14). The molecule has 1 saturated carbocycles. The van der Waals surface area contributed by atoms with Gasteiger partial charge in [-0.25, -0.2) is 4.98 Å². The van der Waals surface area contributed by atoms with Crippen molar-refractivity contribution in [3.63, 3.8) is 0 Å². The van der Waals surface area contributed by atoms with E-state index in [0.29, 0.717) is 0 Å². The van der Waals surface area contributed by atoms with Gasteiger partial charge in [-0.1, -0.05) is 0 Å². The highest BCUT2D eigenvalue weighted by atomic mass is 32.1. The molecule has 1 N–H and O–H groups in total. The van der Waals surface area contributed by atoms with Gasteiger partial charge in [0.1, 0.15) is 5.82 Å². The molecule has 0 radical (unpaired) electrons. The van der Waals surface area contributed by atoms with Crippen molar-refractivity contribution in [1.29, 1.82) is 0 Å². The second-order valence-electron chi connectivity index (χ2n) is 4.91. The Morgan fingerprint density at radius 1 is 1.44 bits per heavy atom. The van der Waals surface area contributed by atoms with E-state index in [1.54, 1.807) is 0 Å². The van der Waals surface area contributed by atoms with Crippen LogP contribution in [0, 0.1) is 12.8 Å². The number of nitrogens with zero attached hydrogens (tertiary/aromatic N) is 3. The summed E-state index contributed by atoms with van der Waals surface area (Å²) in [5.74, 6) is 1.67. The Labute approximate surface area is 100 Å². The molecule has 1 aromatic heterocycles. The lowest BCUT2D eigenvalue weighted by Crippen LogP contribution is -2.24. The minimum Gasteiger partial charge on any atom is -0.360 e. The van der Waals surface area contributed by atoms with Crippen molar-refractivity contribution < 1.29 is 0 Å². The molecule has 0 aromatic carbocycles. The molecular formula is C11H18N4S. The fourth-order valence-electron chi connectivity index (χ4n) is 2.40. The highest BCUT2D eigenvalue weighted by Crippen LogP contribution is 2.31. The van der Waals surface area contributed by atoms with Crippen molar-refractivity contribution >= 4 is 16.7 Å². The zero-order valence-electron chi connectivity index (χ0n) is 9.65. The molecule has 0 spiro atoms. The Bertz CT molecular complexity index is 361. The number of aryl methyl sites for hydroxylation is 1. The number of aromatic nitrogens is 2. The van der Waals surface area contributed by atoms with Crippen molar-refractivity contribution in [2.24, 2.45) is 5.92 Å². The van der Waals surface area contributed by atoms with Crippen LogP contribution in [0.3, 0.4) is 0 Å². The van der Waals surface area contributed by atoms with Gasteiger partial charge in [-0.3, -0.25) is 0 Å². The van der Waals surface area contributed by atoms with Crippen LogP contribution in [0.5, 0.6) is 0 Å². The first-order chi connectivity index (χ1) is 7.81. The maximum atomic E-state index is 4.32. The van der Waals surface area contributed by atoms with Gasteiger partial charge in [0.05, 0.1) is 0 Å². The smallest absolute Gasteiger partial charge is 0.202 e. The summed E-state index contributed by atoms with van der Waals surface area (Å²) < 4.78 is 4.17. The third kappa shape index (κ3) is 2.35. The predicted octanol–water partition coefficient (Wildman–Crippen LogP) is 1.74. The van der Waals surface area contributed by atoms with Gasteiger partial charge in [-0.15, -0.1) is 0 Å². The molecule has 16 heavy (non-hydrogen) atoms. The quantitative estimate of drug-likeness (QED) is 0.867. The van der Waals surface area contributed by atoms with Crippen molar-refractivity contribution in [2.75, 3.05) is 25.0 Å². The lowest BCUT2D eigenvalue weighted by Gasteiger charge is -2.14. The molecule has 2 aliphatic rings. The maximum absolute atomic E-state index is 4.32. The average molecular weight is 238 g/mol. The molecule has 0 amide bonds. The lowest BCUT2D eigenvalue weighted by molar-refractivity contribution is 0.316. The average Bonchev–Trinajstić information content (AvgIpc) is 2.87. The molecule has 1 aliphatic carbocycles. The molecule has 4 nitrogen and oxygen atoms in total. The normalized spacial score (nSPS) is 26.2. The summed E-state index contributed by atoms with van der Waals surface area (Å²) in [5, 5.41) is 4.38. The van der Waals surface area contributed by atoms with E-state index in [1.807, 2.05) is 6.92 Å². The second-order valence-corrected chi connectivity index (χ2v) is 5.66. The topological polar surface area (TPSA) is 41.1 Å². The van der Waals surface area contributed by atoms with Crippen LogP contribution in [0.4, 0.5) is 5.13 Å². The maximum Gasteiger partial charge on any atom is 0.202 e. The zero-order valence-corrected chi connectivity index (χ0v) is 10.5. The van der Waals surface area contributed by atoms with Gasteiger partial charge in [0, 0.05) is 30.7 Å². The highest BCUT2D eigenvalue weighted by molar-refractivity contribution is 7.09. The van der Waals surface area contributed by atoms with E-state index in [-0.39, 0.29) is 0 Å². The van der Waals surface area contributed by atoms with E-state index >= 15 is 0 Å². The van der Waals surface area contributed by atoms with Gasteiger partial charge in [-0.05, 0) is 38.6 Å². The van der Waals surface area contributed by atoms with Crippen molar-refractivity contribution in [1.82, 2.24) is 14.3 Å². The molecule has 1 atom stereocenters. The van der Waals surface area contributed by atoms with Gasteiger partial charge in [0.25, 0.3) is 0 Å². The van der Waals surface area contributed by atoms with Crippen LogP contribution in [0.15, 0.2) is 0 Å². The molecule has 2 fully saturated rings. The largest absolute Gasteiger partial charge is 0.360 e. The van der Waals surface area contributed by atoms with E-state index < -0.39 is 0 Å². The minimum atomic E-state index is 0.796. The molecule has 3 rings (SSSR count). The molecule has 1 unspecified atom stereocenters. The summed E-state index contributed by atoms with van der Waals surface area (Å²) in [6, 6.07) is 0.925. The number of anilines is 1. The predicted molar refractivity (Wildman–Crippen MR) is 65.8 cm³/mol. The summed E-state index contributed by atoms with van der Waals surface area (Å²) in [6.45, 7) is 5.56. The molecule has 1 saturated heterocycles. The van der Waals surface area contributed by atoms with Crippen LogP contribution in [-0.2, 0) is 0 Å². The van der Waals surface area contributed by atoms with Crippen LogP contribution < -0.4 is 5.32 Å². The first-order valence-corrected chi connectivity index (χ1v) is 6.87. The summed E-state index contributed by atoms with van der Waals surface area (Å²) in [7, 11) is 0. The number of nitrogens with one attached hydrogen (secondary N) is 1. The minimum absolute atomic E-state index is 0.796. The molecular weight excluding hydrogens is 220 g/mol. The lowest BCUT2D eigenvalue weighted by atomic mass is 10.1. The van der Waals surface area contributed by atoms with Crippen LogP contribution in [0.1, 0.15) is 25.1 Å². The number of hydrogen-bond donors (Lipinski definition) is 1. The Morgan fingerprint density at radius 2 is 2.31 bits per heavy atom. The summed E-state index contributed by atoms with van der Waals surface area (Å²) in [6.07, 6.45) is 4.19. The Balaban J connectivity index is 1.45. The highest BCUT2D eigenvalue weighted by Gasteiger charge is 2.34. The van der Waals surface area contributed by atoms with Crippen molar-refractivity contribution in [3.8, 4) is 0 Å². The molecule has 2 heterocycles. The number of rotatable bonds is 4. The van der Waals surface area contributed by atoms with E-state index in [9.17, 15) is 0 Å². The van der Waals surface area contributed by atoms with Gasteiger partial charge < -0.3 is 10.2 Å². The van der Waals surface area contributed by atoms with E-state index in [2.05, 4.69) is 19.6 Å². The van der Waals surface area contributed by atoms with Gasteiger partial charge in [0.2, 0.25) is 5.13 Å².